The van der Waals surface area contributed by atoms with Crippen LogP contribution in [0.4, 0.5) is 0 Å². The van der Waals surface area contributed by atoms with Crippen molar-refractivity contribution >= 4 is 11.3 Å². The molecule has 1 aliphatic rings. The minimum atomic E-state index is 0.924. The zero-order valence-corrected chi connectivity index (χ0v) is 6.60. The van der Waals surface area contributed by atoms with E-state index in [9.17, 15) is 0 Å². The van der Waals surface area contributed by atoms with Crippen LogP contribution < -0.4 is 0 Å². The highest BCUT2D eigenvalue weighted by Gasteiger charge is 2.18. The highest BCUT2D eigenvalue weighted by Crippen LogP contribution is 2.29. The van der Waals surface area contributed by atoms with Crippen LogP contribution >= 0.6 is 11.3 Å². The molecule has 0 radical (unpaired) electrons. The van der Waals surface area contributed by atoms with Crippen molar-refractivity contribution in [3.8, 4) is 0 Å². The van der Waals surface area contributed by atoms with Crippen molar-refractivity contribution in [3.63, 3.8) is 0 Å². The maximum absolute atomic E-state index is 4.01. The topological polar surface area (TPSA) is 25.8 Å². The lowest BCUT2D eigenvalue weighted by molar-refractivity contribution is 0.313. The third-order valence-electron chi connectivity index (χ3n) is 2.09. The molecule has 1 heterocycles. The molecule has 0 atom stereocenters. The molecule has 10 heavy (non-hydrogen) atoms. The Morgan fingerprint density at radius 3 is 3.00 bits per heavy atom. The van der Waals surface area contributed by atoms with Crippen molar-refractivity contribution in [2.24, 2.45) is 5.92 Å². The molecule has 0 aromatic carbocycles. The number of nitrogens with zero attached hydrogens (tertiary/aromatic N) is 2. The van der Waals surface area contributed by atoms with Crippen LogP contribution in [0.3, 0.4) is 0 Å². The first-order chi connectivity index (χ1) is 4.95. The molecule has 0 spiro atoms. The fourth-order valence-corrected chi connectivity index (χ4v) is 1.87. The van der Waals surface area contributed by atoms with Crippen LogP contribution in [0.2, 0.25) is 0 Å². The third kappa shape index (κ3) is 1.19. The average molecular weight is 154 g/mol. The molecular formula is C7H10N2S. The predicted molar refractivity (Wildman–Crippen MR) is 41.0 cm³/mol. The maximum atomic E-state index is 4.01. The summed E-state index contributed by atoms with van der Waals surface area (Å²) in [6.07, 6.45) is 5.40. The molecule has 1 saturated carbocycles. The van der Waals surface area contributed by atoms with E-state index >= 15 is 0 Å². The van der Waals surface area contributed by atoms with E-state index in [1.165, 1.54) is 30.7 Å². The number of rotatable bonds is 2. The number of aromatic nitrogens is 2. The van der Waals surface area contributed by atoms with E-state index in [0.29, 0.717) is 0 Å². The smallest absolute Gasteiger partial charge is 0.117 e. The average Bonchev–Trinajstić information content (AvgIpc) is 2.29. The van der Waals surface area contributed by atoms with E-state index in [1.54, 1.807) is 11.3 Å². The molecule has 54 valence electrons. The molecule has 1 fully saturated rings. The lowest BCUT2D eigenvalue weighted by Gasteiger charge is -2.23. The van der Waals surface area contributed by atoms with Gasteiger partial charge >= 0.3 is 0 Å². The molecule has 0 saturated heterocycles. The summed E-state index contributed by atoms with van der Waals surface area (Å²) in [5, 5.41) is 9.02. The highest BCUT2D eigenvalue weighted by molar-refractivity contribution is 7.09. The van der Waals surface area contributed by atoms with E-state index in [2.05, 4.69) is 10.2 Å². The van der Waals surface area contributed by atoms with Crippen LogP contribution in [0.5, 0.6) is 0 Å². The fraction of sp³-hybridized carbons (Fsp3) is 0.714. The van der Waals surface area contributed by atoms with Crippen molar-refractivity contribution in [1.82, 2.24) is 10.2 Å². The van der Waals surface area contributed by atoms with E-state index in [-0.39, 0.29) is 0 Å². The van der Waals surface area contributed by atoms with E-state index < -0.39 is 0 Å². The second-order valence-corrected chi connectivity index (χ2v) is 3.75. The van der Waals surface area contributed by atoms with Gasteiger partial charge in [0.2, 0.25) is 0 Å². The quantitative estimate of drug-likeness (QED) is 0.650. The Morgan fingerprint density at radius 2 is 2.50 bits per heavy atom. The molecule has 0 unspecified atom stereocenters. The summed E-state index contributed by atoms with van der Waals surface area (Å²) in [5.41, 5.74) is 1.81. The summed E-state index contributed by atoms with van der Waals surface area (Å²) in [7, 11) is 0. The Balaban J connectivity index is 1.90. The van der Waals surface area contributed by atoms with Gasteiger partial charge in [0, 0.05) is 6.42 Å². The van der Waals surface area contributed by atoms with Crippen molar-refractivity contribution in [1.29, 1.82) is 0 Å². The van der Waals surface area contributed by atoms with Gasteiger partial charge < -0.3 is 0 Å². The van der Waals surface area contributed by atoms with Crippen LogP contribution in [-0.4, -0.2) is 10.2 Å². The predicted octanol–water partition coefficient (Wildman–Crippen LogP) is 1.88. The van der Waals surface area contributed by atoms with Crippen molar-refractivity contribution in [3.05, 3.63) is 10.5 Å². The molecule has 0 amide bonds. The van der Waals surface area contributed by atoms with Gasteiger partial charge in [0.25, 0.3) is 0 Å². The first kappa shape index (κ1) is 6.28. The number of hydrogen-bond donors (Lipinski definition) is 0. The Hall–Kier alpha value is -0.440. The van der Waals surface area contributed by atoms with Crippen LogP contribution in [-0.2, 0) is 6.42 Å². The second-order valence-electron chi connectivity index (χ2n) is 2.83. The lowest BCUT2D eigenvalue weighted by Crippen LogP contribution is -2.13. The molecule has 3 heteroatoms. The van der Waals surface area contributed by atoms with Gasteiger partial charge in [-0.2, -0.15) is 0 Å². The summed E-state index contributed by atoms with van der Waals surface area (Å²) in [4.78, 5) is 0. The molecule has 1 aliphatic carbocycles. The Kier molecular flexibility index (Phi) is 1.67. The second kappa shape index (κ2) is 2.66. The number of hydrogen-bond acceptors (Lipinski definition) is 3. The standard InChI is InChI=1S/C7H10N2S/c1-2-6(3-1)4-7-9-8-5-10-7/h5-6H,1-4H2. The Bertz CT molecular complexity index is 191. The van der Waals surface area contributed by atoms with Crippen LogP contribution in [0.1, 0.15) is 24.3 Å². The molecule has 0 bridgehead atoms. The highest BCUT2D eigenvalue weighted by atomic mass is 32.1. The van der Waals surface area contributed by atoms with Gasteiger partial charge in [0.05, 0.1) is 0 Å². The lowest BCUT2D eigenvalue weighted by atomic mass is 9.83. The van der Waals surface area contributed by atoms with Gasteiger partial charge in [-0.25, -0.2) is 0 Å². The zero-order chi connectivity index (χ0) is 6.81. The third-order valence-corrected chi connectivity index (χ3v) is 2.81. The molecule has 1 aromatic rings. The van der Waals surface area contributed by atoms with Crippen LogP contribution in [0.15, 0.2) is 5.51 Å². The first-order valence-electron chi connectivity index (χ1n) is 3.70. The minimum absolute atomic E-state index is 0.924. The summed E-state index contributed by atoms with van der Waals surface area (Å²) in [6.45, 7) is 0. The van der Waals surface area contributed by atoms with Gasteiger partial charge in [0.1, 0.15) is 10.5 Å². The Labute approximate surface area is 64.3 Å². The normalized spacial score (nSPS) is 18.8. The van der Waals surface area contributed by atoms with E-state index in [0.717, 1.165) is 5.92 Å². The SMILES string of the molecule is c1nnc(CC2CCC2)s1. The van der Waals surface area contributed by atoms with E-state index in [4.69, 9.17) is 0 Å². The van der Waals surface area contributed by atoms with Gasteiger partial charge in [-0.3, -0.25) is 0 Å². The van der Waals surface area contributed by atoms with Crippen LogP contribution in [0.25, 0.3) is 0 Å². The molecule has 2 nitrogen and oxygen atoms in total. The van der Waals surface area contributed by atoms with Crippen molar-refractivity contribution in [2.75, 3.05) is 0 Å². The molecule has 2 rings (SSSR count). The molecule has 1 aromatic heterocycles. The van der Waals surface area contributed by atoms with Crippen molar-refractivity contribution < 1.29 is 0 Å². The largest absolute Gasteiger partial charge is 0.147 e. The monoisotopic (exact) mass is 154 g/mol. The Morgan fingerprint density at radius 1 is 1.60 bits per heavy atom. The summed E-state index contributed by atoms with van der Waals surface area (Å²) in [6, 6.07) is 0. The summed E-state index contributed by atoms with van der Waals surface area (Å²) < 4.78 is 0. The summed E-state index contributed by atoms with van der Waals surface area (Å²) >= 11 is 1.68. The van der Waals surface area contributed by atoms with Crippen LogP contribution in [0, 0.1) is 5.92 Å². The molecular weight excluding hydrogens is 144 g/mol. The summed E-state index contributed by atoms with van der Waals surface area (Å²) in [5.74, 6) is 0.924. The first-order valence-corrected chi connectivity index (χ1v) is 4.58. The molecule has 0 N–H and O–H groups in total. The van der Waals surface area contributed by atoms with Gasteiger partial charge in [-0.05, 0) is 5.92 Å². The van der Waals surface area contributed by atoms with Gasteiger partial charge in [-0.1, -0.05) is 19.3 Å². The van der Waals surface area contributed by atoms with E-state index in [1.807, 2.05) is 5.51 Å². The minimum Gasteiger partial charge on any atom is -0.147 e. The van der Waals surface area contributed by atoms with Gasteiger partial charge in [0.15, 0.2) is 0 Å². The fourth-order valence-electron chi connectivity index (χ4n) is 1.23. The van der Waals surface area contributed by atoms with Crippen molar-refractivity contribution in [2.45, 2.75) is 25.7 Å². The van der Waals surface area contributed by atoms with Gasteiger partial charge in [-0.15, -0.1) is 21.5 Å². The zero-order valence-electron chi connectivity index (χ0n) is 5.79. The maximum Gasteiger partial charge on any atom is 0.117 e. The molecule has 0 aliphatic heterocycles.